The van der Waals surface area contributed by atoms with Crippen LogP contribution in [0.25, 0.3) is 0 Å². The van der Waals surface area contributed by atoms with E-state index in [9.17, 15) is 18.3 Å². The Bertz CT molecular complexity index is 769. The van der Waals surface area contributed by atoms with Gasteiger partial charge in [0.1, 0.15) is 6.61 Å². The molecule has 1 aliphatic heterocycles. The molecule has 1 saturated heterocycles. The molecule has 0 aromatic heterocycles. The van der Waals surface area contributed by atoms with E-state index in [2.05, 4.69) is 0 Å². The van der Waals surface area contributed by atoms with Crippen molar-refractivity contribution >= 4 is 15.8 Å². The molecule has 6 heteroatoms. The maximum Gasteiger partial charge on any atom is 0.328 e. The van der Waals surface area contributed by atoms with E-state index >= 15 is 0 Å². The van der Waals surface area contributed by atoms with Gasteiger partial charge in [-0.25, -0.2) is 8.42 Å². The van der Waals surface area contributed by atoms with Gasteiger partial charge in [0.25, 0.3) is 0 Å². The minimum absolute atomic E-state index is 0.0575. The van der Waals surface area contributed by atoms with Gasteiger partial charge >= 0.3 is 5.97 Å². The number of aliphatic hydroxyl groups excluding tert-OH is 1. The van der Waals surface area contributed by atoms with Gasteiger partial charge in [-0.1, -0.05) is 56.4 Å². The van der Waals surface area contributed by atoms with Gasteiger partial charge in [0.15, 0.2) is 14.6 Å². The van der Waals surface area contributed by atoms with Crippen molar-refractivity contribution in [2.75, 3.05) is 6.61 Å². The summed E-state index contributed by atoms with van der Waals surface area (Å²) in [6.45, 7) is 0.0575. The van der Waals surface area contributed by atoms with E-state index in [1.54, 1.807) is 24.3 Å². The summed E-state index contributed by atoms with van der Waals surface area (Å²) in [5, 5.41) is 10.2. The van der Waals surface area contributed by atoms with E-state index in [0.29, 0.717) is 18.4 Å². The van der Waals surface area contributed by atoms with Crippen LogP contribution in [0.15, 0.2) is 46.9 Å². The molecule has 1 aromatic rings. The lowest BCUT2D eigenvalue weighted by atomic mass is 9.89. The van der Waals surface area contributed by atoms with Gasteiger partial charge in [-0.3, -0.25) is 4.79 Å². The summed E-state index contributed by atoms with van der Waals surface area (Å²) in [7, 11) is -3.91. The van der Waals surface area contributed by atoms with Gasteiger partial charge in [0.2, 0.25) is 0 Å². The highest BCUT2D eigenvalue weighted by Crippen LogP contribution is 2.40. The maximum atomic E-state index is 13.4. The standard InChI is InChI=1S/C20H26O5S/c21-17-9-5-2-1-3-8-12-20(14-16(13-17)15-25-19(20)22)26(23,24)18-10-6-4-7-11-18/h4,6-7,10-11,13,17,21H,1-3,5,8-9,12,14-15H2. The van der Waals surface area contributed by atoms with Crippen LogP contribution in [0.2, 0.25) is 0 Å². The zero-order valence-corrected chi connectivity index (χ0v) is 15.7. The fourth-order valence-electron chi connectivity index (χ4n) is 3.89. The van der Waals surface area contributed by atoms with Crippen LogP contribution < -0.4 is 0 Å². The predicted molar refractivity (Wildman–Crippen MR) is 98.3 cm³/mol. The summed E-state index contributed by atoms with van der Waals surface area (Å²) in [6, 6.07) is 8.13. The van der Waals surface area contributed by atoms with Crippen molar-refractivity contribution in [1.29, 1.82) is 0 Å². The number of cyclic esters (lactones) is 1. The van der Waals surface area contributed by atoms with Gasteiger partial charge in [-0.15, -0.1) is 0 Å². The van der Waals surface area contributed by atoms with Gasteiger partial charge in [-0.2, -0.15) is 0 Å². The lowest BCUT2D eigenvalue weighted by Crippen LogP contribution is -2.51. The Morgan fingerprint density at radius 2 is 1.73 bits per heavy atom. The third-order valence-electron chi connectivity index (χ3n) is 5.35. The fraction of sp³-hybridized carbons (Fsp3) is 0.550. The SMILES string of the molecule is O=C1OCC2=CC(O)CCCCCCCC1(S(=O)(=O)c1ccccc1)C2. The third kappa shape index (κ3) is 3.71. The Hall–Kier alpha value is -1.66. The molecule has 3 rings (SSSR count). The van der Waals surface area contributed by atoms with Crippen molar-refractivity contribution in [3.63, 3.8) is 0 Å². The van der Waals surface area contributed by atoms with Crippen LogP contribution >= 0.6 is 0 Å². The smallest absolute Gasteiger partial charge is 0.328 e. The van der Waals surface area contributed by atoms with E-state index in [1.807, 2.05) is 0 Å². The second-order valence-corrected chi connectivity index (χ2v) is 9.52. The number of benzene rings is 1. The number of hydrogen-bond acceptors (Lipinski definition) is 5. The van der Waals surface area contributed by atoms with Crippen LogP contribution in [0.1, 0.15) is 51.4 Å². The normalized spacial score (nSPS) is 28.3. The van der Waals surface area contributed by atoms with Crippen LogP contribution in [0.4, 0.5) is 0 Å². The van der Waals surface area contributed by atoms with E-state index in [1.165, 1.54) is 12.1 Å². The Kier molecular flexibility index (Phi) is 5.82. The molecule has 142 valence electrons. The third-order valence-corrected chi connectivity index (χ3v) is 7.79. The number of ether oxygens (including phenoxy) is 1. The van der Waals surface area contributed by atoms with Gasteiger partial charge in [-0.05, 0) is 30.5 Å². The number of aliphatic hydroxyl groups is 1. The number of carbonyl (C=O) groups is 1. The highest BCUT2D eigenvalue weighted by atomic mass is 32.2. The molecule has 1 aliphatic carbocycles. The van der Waals surface area contributed by atoms with Crippen LogP contribution in [-0.4, -0.2) is 37.0 Å². The molecule has 2 unspecified atom stereocenters. The summed E-state index contributed by atoms with van der Waals surface area (Å²) < 4.78 is 30.6. The summed E-state index contributed by atoms with van der Waals surface area (Å²) in [5.41, 5.74) is 0.692. The van der Waals surface area contributed by atoms with Gasteiger partial charge in [0.05, 0.1) is 11.0 Å². The molecule has 0 radical (unpaired) electrons. The zero-order valence-electron chi connectivity index (χ0n) is 14.9. The highest BCUT2D eigenvalue weighted by Gasteiger charge is 2.54. The zero-order chi connectivity index (χ0) is 18.6. The highest BCUT2D eigenvalue weighted by molar-refractivity contribution is 7.93. The second-order valence-electron chi connectivity index (χ2n) is 7.26. The summed E-state index contributed by atoms with van der Waals surface area (Å²) in [4.78, 5) is 12.9. The molecule has 5 nitrogen and oxygen atoms in total. The first-order chi connectivity index (χ1) is 12.5. The molecule has 0 spiro atoms. The lowest BCUT2D eigenvalue weighted by Gasteiger charge is -2.36. The maximum absolute atomic E-state index is 13.4. The van der Waals surface area contributed by atoms with Crippen molar-refractivity contribution in [2.45, 2.75) is 67.1 Å². The van der Waals surface area contributed by atoms with Crippen molar-refractivity contribution in [3.8, 4) is 0 Å². The van der Waals surface area contributed by atoms with E-state index in [0.717, 1.165) is 25.7 Å². The van der Waals surface area contributed by atoms with E-state index in [-0.39, 0.29) is 24.3 Å². The van der Waals surface area contributed by atoms with Crippen molar-refractivity contribution in [2.24, 2.45) is 0 Å². The summed E-state index contributed by atoms with van der Waals surface area (Å²) >= 11 is 0. The van der Waals surface area contributed by atoms with Crippen LogP contribution in [0, 0.1) is 0 Å². The molecule has 1 N–H and O–H groups in total. The molecule has 0 saturated carbocycles. The van der Waals surface area contributed by atoms with Crippen molar-refractivity contribution in [1.82, 2.24) is 0 Å². The van der Waals surface area contributed by atoms with Crippen molar-refractivity contribution < 1.29 is 23.1 Å². The Labute approximate surface area is 155 Å². The molecular weight excluding hydrogens is 352 g/mol. The molecule has 1 aromatic carbocycles. The number of sulfone groups is 1. The quantitative estimate of drug-likeness (QED) is 0.631. The molecular formula is C20H26O5S. The molecule has 1 fully saturated rings. The van der Waals surface area contributed by atoms with Gasteiger partial charge in [0, 0.05) is 6.42 Å². The second kappa shape index (κ2) is 7.92. The molecule has 2 atom stereocenters. The number of hydrogen-bond donors (Lipinski definition) is 1. The lowest BCUT2D eigenvalue weighted by molar-refractivity contribution is -0.148. The van der Waals surface area contributed by atoms with E-state index in [4.69, 9.17) is 4.74 Å². The summed E-state index contributed by atoms with van der Waals surface area (Å²) in [6.07, 6.45) is 6.50. The van der Waals surface area contributed by atoms with E-state index < -0.39 is 26.7 Å². The molecule has 1 heterocycles. The monoisotopic (exact) mass is 378 g/mol. The molecule has 26 heavy (non-hydrogen) atoms. The van der Waals surface area contributed by atoms with Gasteiger partial charge < -0.3 is 9.84 Å². The Balaban J connectivity index is 2.05. The molecule has 2 bridgehead atoms. The minimum atomic E-state index is -3.91. The van der Waals surface area contributed by atoms with Crippen LogP contribution in [0.5, 0.6) is 0 Å². The molecule has 0 amide bonds. The number of rotatable bonds is 2. The first-order valence-electron chi connectivity index (χ1n) is 9.30. The predicted octanol–water partition coefficient (Wildman–Crippen LogP) is 3.18. The Morgan fingerprint density at radius 1 is 1.04 bits per heavy atom. The van der Waals surface area contributed by atoms with Crippen molar-refractivity contribution in [3.05, 3.63) is 42.0 Å². The average molecular weight is 378 g/mol. The van der Waals surface area contributed by atoms with Crippen LogP contribution in [-0.2, 0) is 19.4 Å². The summed E-state index contributed by atoms with van der Waals surface area (Å²) in [5.74, 6) is -0.662. The number of esters is 1. The minimum Gasteiger partial charge on any atom is -0.460 e. The topological polar surface area (TPSA) is 80.7 Å². The molecule has 2 aliphatic rings. The number of carbonyl (C=O) groups excluding carboxylic acids is 1. The Morgan fingerprint density at radius 3 is 2.50 bits per heavy atom. The first-order valence-corrected chi connectivity index (χ1v) is 10.8. The number of fused-ring (bicyclic) bond motifs is 2. The fourth-order valence-corrected chi connectivity index (χ4v) is 5.92. The first kappa shape index (κ1) is 19.1. The largest absolute Gasteiger partial charge is 0.460 e. The average Bonchev–Trinajstić information content (AvgIpc) is 2.63. The van der Waals surface area contributed by atoms with Crippen LogP contribution in [0.3, 0.4) is 0 Å².